The van der Waals surface area contributed by atoms with Gasteiger partial charge in [-0.25, -0.2) is 9.59 Å². The molecule has 0 heterocycles. The van der Waals surface area contributed by atoms with Gasteiger partial charge in [0.1, 0.15) is 12.6 Å². The molecule has 0 aliphatic heterocycles. The molecule has 2 rings (SSSR count). The van der Waals surface area contributed by atoms with Gasteiger partial charge in [0.05, 0.1) is 7.11 Å². The van der Waals surface area contributed by atoms with Crippen LogP contribution in [-0.2, 0) is 20.9 Å². The van der Waals surface area contributed by atoms with Crippen LogP contribution in [0.3, 0.4) is 0 Å². The van der Waals surface area contributed by atoms with E-state index in [-0.39, 0.29) is 25.2 Å². The topological polar surface area (TPSA) is 81.7 Å². The van der Waals surface area contributed by atoms with E-state index in [1.807, 2.05) is 6.07 Å². The lowest BCUT2D eigenvalue weighted by atomic mass is 10.0. The number of alkyl carbamates (subject to hydrolysis) is 1. The third kappa shape index (κ3) is 6.42. The van der Waals surface area contributed by atoms with Crippen LogP contribution in [0.1, 0.15) is 28.8 Å². The van der Waals surface area contributed by atoms with Gasteiger partial charge in [0.25, 0.3) is 0 Å². The molecule has 27 heavy (non-hydrogen) atoms. The molecule has 1 atom stereocenters. The van der Waals surface area contributed by atoms with E-state index in [2.05, 4.69) is 5.32 Å². The molecule has 1 unspecified atom stereocenters. The fourth-order valence-corrected chi connectivity index (χ4v) is 2.57. The molecular weight excluding hydrogens is 370 g/mol. The van der Waals surface area contributed by atoms with Gasteiger partial charge in [0.2, 0.25) is 0 Å². The molecule has 0 bridgehead atoms. The Kier molecular flexibility index (Phi) is 7.82. The van der Waals surface area contributed by atoms with Crippen LogP contribution in [0.2, 0.25) is 5.02 Å². The van der Waals surface area contributed by atoms with Crippen molar-refractivity contribution < 1.29 is 23.9 Å². The number of ether oxygens (including phenoxy) is 2. The molecule has 0 radical (unpaired) electrons. The van der Waals surface area contributed by atoms with E-state index in [9.17, 15) is 14.4 Å². The number of halogens is 1. The molecule has 0 fully saturated rings. The number of esters is 1. The van der Waals surface area contributed by atoms with Crippen molar-refractivity contribution in [2.24, 2.45) is 0 Å². The van der Waals surface area contributed by atoms with E-state index in [1.54, 1.807) is 48.5 Å². The van der Waals surface area contributed by atoms with Crippen molar-refractivity contribution in [2.45, 2.75) is 25.5 Å². The highest BCUT2D eigenvalue weighted by molar-refractivity contribution is 6.31. The lowest BCUT2D eigenvalue weighted by molar-refractivity contribution is -0.143. The van der Waals surface area contributed by atoms with Crippen molar-refractivity contribution in [1.82, 2.24) is 5.32 Å². The number of hydrogen-bond donors (Lipinski definition) is 1. The average molecular weight is 390 g/mol. The maximum atomic E-state index is 12.2. The highest BCUT2D eigenvalue weighted by Gasteiger charge is 2.23. The molecule has 6 nitrogen and oxygen atoms in total. The van der Waals surface area contributed by atoms with E-state index in [4.69, 9.17) is 21.1 Å². The normalized spacial score (nSPS) is 11.3. The molecule has 0 saturated heterocycles. The van der Waals surface area contributed by atoms with Crippen LogP contribution in [0, 0.1) is 0 Å². The molecular formula is C20H20ClNO5. The van der Waals surface area contributed by atoms with Crippen molar-refractivity contribution in [1.29, 1.82) is 0 Å². The summed E-state index contributed by atoms with van der Waals surface area (Å²) >= 11 is 6.01. The number of carbonyl (C=O) groups excluding carboxylic acids is 3. The molecule has 0 spiro atoms. The fourth-order valence-electron chi connectivity index (χ4n) is 2.38. The Morgan fingerprint density at radius 2 is 1.70 bits per heavy atom. The van der Waals surface area contributed by atoms with Gasteiger partial charge in [-0.2, -0.15) is 0 Å². The van der Waals surface area contributed by atoms with Crippen molar-refractivity contribution in [3.05, 3.63) is 70.7 Å². The monoisotopic (exact) mass is 389 g/mol. The third-order valence-electron chi connectivity index (χ3n) is 3.85. The SMILES string of the molecule is COC(=O)C(CCC(=O)c1ccccc1)NC(=O)OCc1ccccc1Cl. The second-order valence-electron chi connectivity index (χ2n) is 5.72. The Morgan fingerprint density at radius 1 is 1.04 bits per heavy atom. The zero-order valence-corrected chi connectivity index (χ0v) is 15.6. The van der Waals surface area contributed by atoms with Gasteiger partial charge in [0, 0.05) is 22.6 Å². The second-order valence-corrected chi connectivity index (χ2v) is 6.12. The van der Waals surface area contributed by atoms with E-state index >= 15 is 0 Å². The Hall–Kier alpha value is -2.86. The first-order chi connectivity index (χ1) is 13.0. The molecule has 0 aromatic heterocycles. The van der Waals surface area contributed by atoms with Gasteiger partial charge in [0.15, 0.2) is 5.78 Å². The summed E-state index contributed by atoms with van der Waals surface area (Å²) in [7, 11) is 1.21. The minimum absolute atomic E-state index is 0.0393. The Balaban J connectivity index is 1.89. The lowest BCUT2D eigenvalue weighted by Gasteiger charge is -2.16. The van der Waals surface area contributed by atoms with Gasteiger partial charge in [-0.05, 0) is 12.5 Å². The number of carbonyl (C=O) groups is 3. The Bertz CT molecular complexity index is 794. The second kappa shape index (κ2) is 10.3. The predicted octanol–water partition coefficient (Wildman–Crippen LogP) is 3.77. The number of benzene rings is 2. The minimum Gasteiger partial charge on any atom is -0.467 e. The summed E-state index contributed by atoms with van der Waals surface area (Å²) in [5, 5.41) is 2.91. The van der Waals surface area contributed by atoms with Crippen LogP contribution in [0.5, 0.6) is 0 Å². The minimum atomic E-state index is -0.985. The summed E-state index contributed by atoms with van der Waals surface area (Å²) < 4.78 is 9.79. The average Bonchev–Trinajstić information content (AvgIpc) is 2.70. The van der Waals surface area contributed by atoms with Crippen LogP contribution in [0.25, 0.3) is 0 Å². The number of rotatable bonds is 8. The van der Waals surface area contributed by atoms with E-state index < -0.39 is 18.1 Å². The largest absolute Gasteiger partial charge is 0.467 e. The number of Topliss-reactive ketones (excluding diaryl/α,β-unsaturated/α-hetero) is 1. The summed E-state index contributed by atoms with van der Waals surface area (Å²) in [6.45, 7) is -0.0393. The first kappa shape index (κ1) is 20.5. The van der Waals surface area contributed by atoms with Gasteiger partial charge >= 0.3 is 12.1 Å². The molecule has 2 aromatic rings. The van der Waals surface area contributed by atoms with Crippen LogP contribution in [-0.4, -0.2) is 31.0 Å². The van der Waals surface area contributed by atoms with Gasteiger partial charge in [-0.1, -0.05) is 60.1 Å². The number of hydrogen-bond acceptors (Lipinski definition) is 5. The van der Waals surface area contributed by atoms with Crippen molar-refractivity contribution in [2.75, 3.05) is 7.11 Å². The van der Waals surface area contributed by atoms with Crippen LogP contribution in [0.15, 0.2) is 54.6 Å². The molecule has 1 N–H and O–H groups in total. The van der Waals surface area contributed by atoms with Crippen LogP contribution < -0.4 is 5.32 Å². The zero-order chi connectivity index (χ0) is 19.6. The highest BCUT2D eigenvalue weighted by atomic mass is 35.5. The van der Waals surface area contributed by atoms with Gasteiger partial charge in [-0.3, -0.25) is 4.79 Å². The number of nitrogens with one attached hydrogen (secondary N) is 1. The molecule has 2 aromatic carbocycles. The third-order valence-corrected chi connectivity index (χ3v) is 4.22. The zero-order valence-electron chi connectivity index (χ0n) is 14.8. The van der Waals surface area contributed by atoms with Crippen LogP contribution in [0.4, 0.5) is 4.79 Å². The predicted molar refractivity (Wildman–Crippen MR) is 101 cm³/mol. The molecule has 0 aliphatic carbocycles. The summed E-state index contributed by atoms with van der Waals surface area (Å²) in [4.78, 5) is 36.1. The summed E-state index contributed by atoms with van der Waals surface area (Å²) in [5.74, 6) is -0.777. The first-order valence-electron chi connectivity index (χ1n) is 8.34. The summed E-state index contributed by atoms with van der Waals surface area (Å²) in [5.41, 5.74) is 1.19. The maximum Gasteiger partial charge on any atom is 0.408 e. The molecule has 0 aliphatic rings. The van der Waals surface area contributed by atoms with Crippen molar-refractivity contribution >= 4 is 29.4 Å². The highest BCUT2D eigenvalue weighted by Crippen LogP contribution is 2.16. The smallest absolute Gasteiger partial charge is 0.408 e. The fraction of sp³-hybridized carbons (Fsp3) is 0.250. The van der Waals surface area contributed by atoms with E-state index in [0.29, 0.717) is 16.1 Å². The van der Waals surface area contributed by atoms with Crippen LogP contribution >= 0.6 is 11.6 Å². The molecule has 7 heteroatoms. The lowest BCUT2D eigenvalue weighted by Crippen LogP contribution is -2.42. The van der Waals surface area contributed by atoms with E-state index in [0.717, 1.165) is 0 Å². The quantitative estimate of drug-likeness (QED) is 0.549. The Morgan fingerprint density at radius 3 is 2.37 bits per heavy atom. The number of ketones is 1. The molecule has 1 amide bonds. The van der Waals surface area contributed by atoms with Crippen molar-refractivity contribution in [3.63, 3.8) is 0 Å². The number of methoxy groups -OCH3 is 1. The van der Waals surface area contributed by atoms with E-state index in [1.165, 1.54) is 7.11 Å². The Labute approximate surface area is 162 Å². The first-order valence-corrected chi connectivity index (χ1v) is 8.72. The summed E-state index contributed by atoms with van der Waals surface area (Å²) in [6.07, 6.45) is -0.617. The van der Waals surface area contributed by atoms with Gasteiger partial charge < -0.3 is 14.8 Å². The molecule has 0 saturated carbocycles. The maximum absolute atomic E-state index is 12.2. The van der Waals surface area contributed by atoms with Gasteiger partial charge in [-0.15, -0.1) is 0 Å². The standard InChI is InChI=1S/C20H20ClNO5/c1-26-19(24)17(11-12-18(23)14-7-3-2-4-8-14)22-20(25)27-13-15-9-5-6-10-16(15)21/h2-10,17H,11-13H2,1H3,(H,22,25). The van der Waals surface area contributed by atoms with Crippen molar-refractivity contribution in [3.8, 4) is 0 Å². The number of amides is 1. The molecule has 142 valence electrons. The summed E-state index contributed by atoms with van der Waals surface area (Å²) in [6, 6.07) is 14.7.